The number of aliphatic imine (C=N–C) groups is 1. The molecule has 9 nitrogen and oxygen atoms in total. The van der Waals surface area contributed by atoms with E-state index in [0.29, 0.717) is 23.8 Å². The van der Waals surface area contributed by atoms with Gasteiger partial charge in [0.05, 0.1) is 22.6 Å². The number of nitrogens with one attached hydrogen (secondary N) is 2. The second-order valence-electron chi connectivity index (χ2n) is 9.42. The topological polar surface area (TPSA) is 86.2 Å². The van der Waals surface area contributed by atoms with E-state index in [0.717, 1.165) is 60.9 Å². The van der Waals surface area contributed by atoms with Crippen LogP contribution in [0.5, 0.6) is 0 Å². The molecule has 0 radical (unpaired) electrons. The van der Waals surface area contributed by atoms with Gasteiger partial charge in [-0.15, -0.1) is 5.10 Å². The van der Waals surface area contributed by atoms with Gasteiger partial charge >= 0.3 is 0 Å². The minimum absolute atomic E-state index is 0.391. The van der Waals surface area contributed by atoms with Crippen molar-refractivity contribution in [1.29, 1.82) is 5.41 Å². The average molecular weight is 475 g/mol. The summed E-state index contributed by atoms with van der Waals surface area (Å²) < 4.78 is 10.1. The molecule has 5 rings (SSSR count). The number of aromatic nitrogens is 3. The zero-order valence-corrected chi connectivity index (χ0v) is 20.8. The number of likely N-dealkylation sites (N-methyl/N-ethyl adjacent to an activating group) is 1. The maximum atomic E-state index is 8.91. The Hall–Kier alpha value is -3.43. The largest absolute Gasteiger partial charge is 0.490 e. The Kier molecular flexibility index (Phi) is 6.70. The molecular weight excluding hydrogens is 440 g/mol. The Morgan fingerprint density at radius 3 is 2.80 bits per heavy atom. The quantitative estimate of drug-likeness (QED) is 0.497. The number of likely N-dealkylation sites (tertiary alicyclic amines) is 1. The number of rotatable bonds is 9. The summed E-state index contributed by atoms with van der Waals surface area (Å²) in [7, 11) is 6.08. The lowest BCUT2D eigenvalue weighted by Gasteiger charge is -2.21. The number of allylic oxidation sites excluding steroid dienone is 1. The standard InChI is InChI=1S/C26H34N8O/c1-31(2)15-10-28-26-24(21-8-4-5-13-34(21)30-26)29-20-18-22(35-17-16-33-11-6-7-12-33)25-19(23(20)27)9-14-32(25)3/h4-5,8-9,13-14,18,27H,6-7,10-12,15-17H2,1-3H3,(H,28,30). The predicted molar refractivity (Wildman–Crippen MR) is 141 cm³/mol. The molecule has 0 amide bonds. The first kappa shape index (κ1) is 23.3. The van der Waals surface area contributed by atoms with Crippen LogP contribution in [0.2, 0.25) is 0 Å². The van der Waals surface area contributed by atoms with E-state index in [9.17, 15) is 0 Å². The molecule has 9 heteroatoms. The van der Waals surface area contributed by atoms with Crippen molar-refractivity contribution >= 4 is 34.2 Å². The van der Waals surface area contributed by atoms with Crippen molar-refractivity contribution in [3.05, 3.63) is 54.0 Å². The molecule has 0 spiro atoms. The van der Waals surface area contributed by atoms with Crippen LogP contribution < -0.4 is 5.32 Å². The van der Waals surface area contributed by atoms with Gasteiger partial charge in [-0.2, -0.15) is 0 Å². The monoisotopic (exact) mass is 474 g/mol. The highest BCUT2D eigenvalue weighted by Crippen LogP contribution is 2.33. The fourth-order valence-corrected chi connectivity index (χ4v) is 4.66. The van der Waals surface area contributed by atoms with E-state index in [2.05, 4.69) is 15.1 Å². The van der Waals surface area contributed by atoms with Gasteiger partial charge in [0.1, 0.15) is 18.1 Å². The van der Waals surface area contributed by atoms with E-state index >= 15 is 0 Å². The van der Waals surface area contributed by atoms with E-state index in [-0.39, 0.29) is 0 Å². The molecule has 184 valence electrons. The number of ether oxygens (including phenoxy) is 1. The van der Waals surface area contributed by atoms with Crippen molar-refractivity contribution < 1.29 is 4.74 Å². The van der Waals surface area contributed by atoms with E-state index in [1.165, 1.54) is 12.8 Å². The second kappa shape index (κ2) is 10.1. The molecule has 0 unspecified atom stereocenters. The van der Waals surface area contributed by atoms with Gasteiger partial charge in [-0.25, -0.2) is 9.51 Å². The molecule has 0 saturated carbocycles. The fourth-order valence-electron chi connectivity index (χ4n) is 4.66. The highest BCUT2D eigenvalue weighted by Gasteiger charge is 2.26. The summed E-state index contributed by atoms with van der Waals surface area (Å²) in [5, 5.41) is 17.0. The van der Waals surface area contributed by atoms with Crippen LogP contribution in [0.15, 0.2) is 47.7 Å². The summed E-state index contributed by atoms with van der Waals surface area (Å²) >= 11 is 0. The third-order valence-electron chi connectivity index (χ3n) is 6.56. The first-order chi connectivity index (χ1) is 17.0. The van der Waals surface area contributed by atoms with Gasteiger partial charge in [0.25, 0.3) is 0 Å². The van der Waals surface area contributed by atoms with Crippen LogP contribution in [0.3, 0.4) is 0 Å². The SMILES string of the molecule is CN(C)CCNc1nn2ccccc2c1N=C1C=C(OCCN2CCCC2)c2c(ccn2C)C1=N. The Morgan fingerprint density at radius 2 is 2.00 bits per heavy atom. The summed E-state index contributed by atoms with van der Waals surface area (Å²) in [5.74, 6) is 1.47. The molecule has 1 aliphatic heterocycles. The number of anilines is 1. The Morgan fingerprint density at radius 1 is 1.17 bits per heavy atom. The second-order valence-corrected chi connectivity index (χ2v) is 9.42. The van der Waals surface area contributed by atoms with Crippen molar-refractivity contribution in [3.8, 4) is 0 Å². The lowest BCUT2D eigenvalue weighted by molar-refractivity contribution is 0.212. The third kappa shape index (κ3) is 4.87. The number of fused-ring (bicyclic) bond motifs is 2. The van der Waals surface area contributed by atoms with Crippen molar-refractivity contribution in [3.63, 3.8) is 0 Å². The van der Waals surface area contributed by atoms with Gasteiger partial charge in [-0.3, -0.25) is 10.3 Å². The van der Waals surface area contributed by atoms with Gasteiger partial charge in [0.15, 0.2) is 5.82 Å². The van der Waals surface area contributed by atoms with Gasteiger partial charge in [-0.05, 0) is 58.2 Å². The summed E-state index contributed by atoms with van der Waals surface area (Å²) in [4.78, 5) is 9.55. The van der Waals surface area contributed by atoms with Crippen LogP contribution in [0.1, 0.15) is 24.1 Å². The Balaban J connectivity index is 1.48. The molecule has 3 aromatic rings. The molecule has 1 saturated heterocycles. The van der Waals surface area contributed by atoms with Gasteiger partial charge < -0.3 is 19.5 Å². The molecule has 0 aromatic carbocycles. The maximum absolute atomic E-state index is 8.91. The van der Waals surface area contributed by atoms with Gasteiger partial charge in [0.2, 0.25) is 0 Å². The molecule has 2 aliphatic rings. The predicted octanol–water partition coefficient (Wildman–Crippen LogP) is 3.25. The molecule has 0 bridgehead atoms. The van der Waals surface area contributed by atoms with Crippen molar-refractivity contribution in [1.82, 2.24) is 24.0 Å². The maximum Gasteiger partial charge on any atom is 0.175 e. The molecule has 2 N–H and O–H groups in total. The highest BCUT2D eigenvalue weighted by molar-refractivity contribution is 6.54. The molecule has 3 aromatic heterocycles. The zero-order chi connectivity index (χ0) is 24.4. The minimum Gasteiger partial charge on any atom is -0.490 e. The van der Waals surface area contributed by atoms with Crippen LogP contribution in [0, 0.1) is 5.41 Å². The van der Waals surface area contributed by atoms with Gasteiger partial charge in [-0.1, -0.05) is 6.07 Å². The summed E-state index contributed by atoms with van der Waals surface area (Å²) in [5.41, 5.74) is 4.36. The van der Waals surface area contributed by atoms with Crippen LogP contribution in [-0.4, -0.2) is 88.8 Å². The van der Waals surface area contributed by atoms with Crippen LogP contribution in [-0.2, 0) is 11.8 Å². The molecular formula is C26H34N8O. The molecule has 1 fully saturated rings. The van der Waals surface area contributed by atoms with Crippen LogP contribution in [0.25, 0.3) is 11.3 Å². The van der Waals surface area contributed by atoms with Crippen molar-refractivity contribution in [2.45, 2.75) is 12.8 Å². The minimum atomic E-state index is 0.391. The summed E-state index contributed by atoms with van der Waals surface area (Å²) in [6.45, 7) is 5.44. The number of pyridine rings is 1. The van der Waals surface area contributed by atoms with Crippen LogP contribution in [0.4, 0.5) is 11.5 Å². The number of nitrogens with zero attached hydrogens (tertiary/aromatic N) is 6. The van der Waals surface area contributed by atoms with Crippen LogP contribution >= 0.6 is 0 Å². The smallest absolute Gasteiger partial charge is 0.175 e. The normalized spacial score (nSPS) is 17.4. The van der Waals surface area contributed by atoms with E-state index in [4.69, 9.17) is 20.2 Å². The first-order valence-electron chi connectivity index (χ1n) is 12.3. The lowest BCUT2D eigenvalue weighted by atomic mass is 9.98. The fraction of sp³-hybridized carbons (Fsp3) is 0.423. The molecule has 35 heavy (non-hydrogen) atoms. The Bertz CT molecular complexity index is 1280. The van der Waals surface area contributed by atoms with E-state index < -0.39 is 0 Å². The number of aryl methyl sites for hydroxylation is 1. The summed E-state index contributed by atoms with van der Waals surface area (Å²) in [6, 6.07) is 7.90. The van der Waals surface area contributed by atoms with Crippen molar-refractivity contribution in [2.75, 3.05) is 58.7 Å². The number of hydrogen-bond donors (Lipinski definition) is 2. The lowest BCUT2D eigenvalue weighted by Crippen LogP contribution is -2.25. The Labute approximate surface area is 206 Å². The van der Waals surface area contributed by atoms with E-state index in [1.54, 1.807) is 0 Å². The molecule has 1 aliphatic carbocycles. The number of hydrogen-bond acceptors (Lipinski definition) is 7. The van der Waals surface area contributed by atoms with E-state index in [1.807, 2.05) is 73.0 Å². The average Bonchev–Trinajstić information content (AvgIpc) is 3.57. The highest BCUT2D eigenvalue weighted by atomic mass is 16.5. The van der Waals surface area contributed by atoms with Gasteiger partial charge in [0, 0.05) is 50.7 Å². The third-order valence-corrected chi connectivity index (χ3v) is 6.56. The van der Waals surface area contributed by atoms with Crippen molar-refractivity contribution in [2.24, 2.45) is 12.0 Å². The zero-order valence-electron chi connectivity index (χ0n) is 20.8. The first-order valence-corrected chi connectivity index (χ1v) is 12.3. The molecule has 4 heterocycles. The summed E-state index contributed by atoms with van der Waals surface area (Å²) in [6.07, 6.45) is 8.33. The molecule has 0 atom stereocenters.